The monoisotopic (exact) mass is 194 g/mol. The summed E-state index contributed by atoms with van der Waals surface area (Å²) in [5.74, 6) is 3.33. The molecule has 1 aromatic rings. The van der Waals surface area contributed by atoms with Gasteiger partial charge in [-0.1, -0.05) is 30.3 Å². The second-order valence-electron chi connectivity index (χ2n) is 2.34. The molecule has 68 valence electrons. The molecule has 0 aromatic heterocycles. The van der Waals surface area contributed by atoms with E-state index in [2.05, 4.69) is 0 Å². The third-order valence-electron chi connectivity index (χ3n) is 1.51. The van der Waals surface area contributed by atoms with Gasteiger partial charge in [-0.05, 0) is 24.9 Å². The Morgan fingerprint density at radius 1 is 0.923 bits per heavy atom. The molecule has 2 N–H and O–H groups in total. The summed E-state index contributed by atoms with van der Waals surface area (Å²) in [6.45, 7) is 0. The topological polar surface area (TPSA) is 40.5 Å². The van der Waals surface area contributed by atoms with E-state index in [0.717, 1.165) is 17.8 Å². The molecule has 0 heterocycles. The van der Waals surface area contributed by atoms with Gasteiger partial charge >= 0.3 is 0 Å². The molecule has 0 unspecified atom stereocenters. The predicted molar refractivity (Wildman–Crippen MR) is 56.5 cm³/mol. The van der Waals surface area contributed by atoms with Gasteiger partial charge < -0.3 is 10.2 Å². The van der Waals surface area contributed by atoms with Crippen molar-refractivity contribution in [2.24, 2.45) is 0 Å². The zero-order valence-corrected chi connectivity index (χ0v) is 7.93. The maximum absolute atomic E-state index is 8.64. The smallest absolute Gasteiger partial charge is 0.0802 e. The molecule has 0 bridgehead atoms. The van der Waals surface area contributed by atoms with Crippen molar-refractivity contribution in [2.45, 2.75) is 0 Å². The molecule has 0 aliphatic carbocycles. The molecule has 3 heteroatoms. The molecule has 0 atom stereocenters. The highest BCUT2D eigenvalue weighted by molar-refractivity contribution is 7.71. The van der Waals surface area contributed by atoms with Crippen LogP contribution >= 0.6 is 7.92 Å². The first-order chi connectivity index (χ1) is 6.38. The quantitative estimate of drug-likeness (QED) is 0.573. The zero-order valence-electron chi connectivity index (χ0n) is 7.04. The highest BCUT2D eigenvalue weighted by atomic mass is 31.1. The lowest BCUT2D eigenvalue weighted by Gasteiger charge is -2.06. The molecule has 0 aliphatic heterocycles. The second-order valence-corrected chi connectivity index (χ2v) is 4.27. The number of hydrogen-bond donors (Lipinski definition) is 2. The second kappa shape index (κ2) is 5.39. The van der Waals surface area contributed by atoms with Crippen LogP contribution in [-0.2, 0) is 0 Å². The van der Waals surface area contributed by atoms with Crippen molar-refractivity contribution in [3.8, 4) is 0 Å². The molecule has 0 fully saturated rings. The van der Waals surface area contributed by atoms with Gasteiger partial charge in [0.25, 0.3) is 0 Å². The Kier molecular flexibility index (Phi) is 4.07. The van der Waals surface area contributed by atoms with Crippen molar-refractivity contribution in [3.05, 3.63) is 54.5 Å². The Bertz CT molecular complexity index is 281. The van der Waals surface area contributed by atoms with Crippen LogP contribution in [-0.4, -0.2) is 10.2 Å². The van der Waals surface area contributed by atoms with Gasteiger partial charge in [-0.2, -0.15) is 0 Å². The molecule has 0 aliphatic rings. The van der Waals surface area contributed by atoms with Gasteiger partial charge in [-0.25, -0.2) is 0 Å². The van der Waals surface area contributed by atoms with Crippen LogP contribution in [0.1, 0.15) is 0 Å². The SMILES string of the molecule is O/C=C/P(/C=C/O)c1ccccc1. The van der Waals surface area contributed by atoms with Crippen LogP contribution in [0.4, 0.5) is 0 Å². The van der Waals surface area contributed by atoms with Gasteiger partial charge in [-0.15, -0.1) is 0 Å². The molecular formula is C10H11O2P. The lowest BCUT2D eigenvalue weighted by molar-refractivity contribution is 0.474. The van der Waals surface area contributed by atoms with Crippen molar-refractivity contribution in [1.29, 1.82) is 0 Å². The summed E-state index contributed by atoms with van der Waals surface area (Å²) in [5, 5.41) is 18.4. The fourth-order valence-electron chi connectivity index (χ4n) is 0.966. The fraction of sp³-hybridized carbons (Fsp3) is 0. The van der Waals surface area contributed by atoms with Crippen molar-refractivity contribution in [1.82, 2.24) is 0 Å². The predicted octanol–water partition coefficient (Wildman–Crippen LogP) is 2.85. The minimum atomic E-state index is -0.717. The fourth-order valence-corrected chi connectivity index (χ4v) is 2.21. The molecule has 0 saturated heterocycles. The Morgan fingerprint density at radius 2 is 1.46 bits per heavy atom. The molecule has 2 nitrogen and oxygen atoms in total. The summed E-state index contributed by atoms with van der Waals surface area (Å²) < 4.78 is 0. The summed E-state index contributed by atoms with van der Waals surface area (Å²) >= 11 is 0. The van der Waals surface area contributed by atoms with Gasteiger partial charge in [0.2, 0.25) is 0 Å². The first-order valence-corrected chi connectivity index (χ1v) is 5.31. The molecular weight excluding hydrogens is 183 g/mol. The summed E-state index contributed by atoms with van der Waals surface area (Å²) in [5.41, 5.74) is 0. The minimum Gasteiger partial charge on any atom is -0.516 e. The molecule has 0 spiro atoms. The van der Waals surface area contributed by atoms with Gasteiger partial charge in [0.05, 0.1) is 12.5 Å². The lowest BCUT2D eigenvalue weighted by atomic mass is 10.4. The summed E-state index contributed by atoms with van der Waals surface area (Å²) in [6.07, 6.45) is 2.03. The van der Waals surface area contributed by atoms with Crippen LogP contribution < -0.4 is 5.30 Å². The molecule has 1 rings (SSSR count). The van der Waals surface area contributed by atoms with E-state index in [1.54, 1.807) is 11.6 Å². The van der Waals surface area contributed by atoms with Crippen LogP contribution in [0, 0.1) is 0 Å². The van der Waals surface area contributed by atoms with Crippen LogP contribution in [0.15, 0.2) is 54.5 Å². The number of benzene rings is 1. The average molecular weight is 194 g/mol. The maximum Gasteiger partial charge on any atom is 0.0802 e. The van der Waals surface area contributed by atoms with E-state index in [4.69, 9.17) is 10.2 Å². The van der Waals surface area contributed by atoms with E-state index in [-0.39, 0.29) is 0 Å². The van der Waals surface area contributed by atoms with E-state index in [1.165, 1.54) is 0 Å². The van der Waals surface area contributed by atoms with Crippen LogP contribution in [0.3, 0.4) is 0 Å². The van der Waals surface area contributed by atoms with Crippen LogP contribution in [0.25, 0.3) is 0 Å². The van der Waals surface area contributed by atoms with Crippen LogP contribution in [0.5, 0.6) is 0 Å². The number of aliphatic hydroxyl groups excluding tert-OH is 2. The normalized spacial score (nSPS) is 11.8. The summed E-state index contributed by atoms with van der Waals surface area (Å²) in [7, 11) is -0.717. The van der Waals surface area contributed by atoms with Gasteiger partial charge in [-0.3, -0.25) is 0 Å². The maximum atomic E-state index is 8.64. The first-order valence-electron chi connectivity index (χ1n) is 3.83. The minimum absolute atomic E-state index is 0.717. The number of aliphatic hydroxyl groups is 2. The van der Waals surface area contributed by atoms with Gasteiger partial charge in [0.15, 0.2) is 0 Å². The lowest BCUT2D eigenvalue weighted by Crippen LogP contribution is -1.95. The van der Waals surface area contributed by atoms with Crippen molar-refractivity contribution in [2.75, 3.05) is 0 Å². The Hall–Kier alpha value is -1.27. The van der Waals surface area contributed by atoms with Gasteiger partial charge in [0, 0.05) is 0 Å². The van der Waals surface area contributed by atoms with Crippen molar-refractivity contribution in [3.63, 3.8) is 0 Å². The summed E-state index contributed by atoms with van der Waals surface area (Å²) in [4.78, 5) is 0. The molecule has 0 radical (unpaired) electrons. The van der Waals surface area contributed by atoms with E-state index >= 15 is 0 Å². The van der Waals surface area contributed by atoms with Crippen molar-refractivity contribution < 1.29 is 10.2 Å². The highest BCUT2D eigenvalue weighted by Crippen LogP contribution is 2.36. The van der Waals surface area contributed by atoms with E-state index in [9.17, 15) is 0 Å². The number of rotatable bonds is 3. The van der Waals surface area contributed by atoms with E-state index < -0.39 is 7.92 Å². The summed E-state index contributed by atoms with van der Waals surface area (Å²) in [6, 6.07) is 9.72. The molecule has 1 aromatic carbocycles. The molecule has 0 amide bonds. The van der Waals surface area contributed by atoms with Crippen molar-refractivity contribution >= 4 is 13.2 Å². The molecule has 13 heavy (non-hydrogen) atoms. The van der Waals surface area contributed by atoms with Gasteiger partial charge in [0.1, 0.15) is 0 Å². The Morgan fingerprint density at radius 3 is 1.92 bits per heavy atom. The Labute approximate surface area is 78.6 Å². The van der Waals surface area contributed by atoms with E-state index in [1.807, 2.05) is 30.3 Å². The average Bonchev–Trinajstić information content (AvgIpc) is 2.19. The Balaban J connectivity index is 2.88. The number of hydrogen-bond acceptors (Lipinski definition) is 2. The third kappa shape index (κ3) is 2.92. The molecule has 0 saturated carbocycles. The van der Waals surface area contributed by atoms with Crippen LogP contribution in [0.2, 0.25) is 0 Å². The first kappa shape index (κ1) is 9.82. The standard InChI is InChI=1S/C10H11O2P/c11-6-8-13(9-7-12)10-4-2-1-3-5-10/h1-9,11-12H/b8-6+,9-7+. The van der Waals surface area contributed by atoms with E-state index in [0.29, 0.717) is 0 Å². The zero-order chi connectivity index (χ0) is 9.52. The third-order valence-corrected chi connectivity index (χ3v) is 3.31. The highest BCUT2D eigenvalue weighted by Gasteiger charge is 2.01. The largest absolute Gasteiger partial charge is 0.516 e.